The Morgan fingerprint density at radius 3 is 1.65 bits per heavy atom. The number of hydrogen-bond donors (Lipinski definition) is 0. The summed E-state index contributed by atoms with van der Waals surface area (Å²) in [5, 5.41) is 23.1. The first-order chi connectivity index (χ1) is 19.8. The Hall–Kier alpha value is -3.72. The minimum atomic E-state index is -5.95. The largest absolute Gasteiger partial charge is 0.501 e. The second-order valence-electron chi connectivity index (χ2n) is 9.08. The van der Waals surface area contributed by atoms with Gasteiger partial charge >= 0.3 is 22.4 Å². The van der Waals surface area contributed by atoms with Gasteiger partial charge in [-0.1, -0.05) is 6.42 Å². The summed E-state index contributed by atoms with van der Waals surface area (Å²) in [6, 6.07) is 2.39. The number of piperidine rings is 1. The third-order valence-electron chi connectivity index (χ3n) is 6.11. The first kappa shape index (κ1) is 33.8. The summed E-state index contributed by atoms with van der Waals surface area (Å²) in [6.07, 6.45) is 1.13. The number of rotatable bonds is 11. The molecule has 238 valence electrons. The normalized spacial score (nSPS) is 16.0. The number of sulfone groups is 2. The van der Waals surface area contributed by atoms with Gasteiger partial charge in [0, 0.05) is 18.7 Å². The fraction of sp³-hybridized carbons (Fsp3) is 0.455. The monoisotopic (exact) mass is 665 g/mol. The third kappa shape index (κ3) is 7.63. The SMILES string of the molecule is O=[N+]([O-])c1cc(S(=O)(=O)C(F)(F)F)ccc1OCC(CN1CCCCC1)Oc1ccc(S(=O)(=O)C(F)(F)F)cc1[N+](=O)[O-]. The standard InChI is InChI=1S/C22H21F6N3O10S2/c23-21(24,25)42(36,37)15-4-6-19(17(10-15)30(32)33)40-13-14(12-29-8-2-1-3-9-29)41-20-7-5-16(11-18(20)31(34)35)43(38,39)22(26,27)28/h4-7,10-11,14H,1-3,8-9,12-13H2. The van der Waals surface area contributed by atoms with Crippen LogP contribution in [0.1, 0.15) is 19.3 Å². The predicted octanol–water partition coefficient (Wildman–Crippen LogP) is 4.40. The van der Waals surface area contributed by atoms with E-state index in [1.165, 1.54) is 0 Å². The molecule has 1 aliphatic rings. The van der Waals surface area contributed by atoms with Gasteiger partial charge in [-0.05, 0) is 50.2 Å². The van der Waals surface area contributed by atoms with E-state index in [1.807, 2.05) is 4.90 Å². The highest BCUT2D eigenvalue weighted by Crippen LogP contribution is 2.38. The molecule has 0 spiro atoms. The van der Waals surface area contributed by atoms with Gasteiger partial charge in [-0.3, -0.25) is 25.1 Å². The average Bonchev–Trinajstić information content (AvgIpc) is 2.90. The van der Waals surface area contributed by atoms with Crippen molar-refractivity contribution in [2.24, 2.45) is 0 Å². The number of benzene rings is 2. The van der Waals surface area contributed by atoms with Crippen molar-refractivity contribution in [3.8, 4) is 11.5 Å². The Balaban J connectivity index is 1.96. The Labute approximate surface area is 239 Å². The van der Waals surface area contributed by atoms with Gasteiger partial charge in [0.15, 0.2) is 11.5 Å². The molecule has 43 heavy (non-hydrogen) atoms. The Morgan fingerprint density at radius 2 is 1.21 bits per heavy atom. The van der Waals surface area contributed by atoms with Gasteiger partial charge in [0.05, 0.1) is 19.6 Å². The van der Waals surface area contributed by atoms with Crippen molar-refractivity contribution in [2.45, 2.75) is 46.2 Å². The number of hydrogen-bond acceptors (Lipinski definition) is 11. The molecule has 13 nitrogen and oxygen atoms in total. The molecule has 1 aliphatic heterocycles. The zero-order valence-electron chi connectivity index (χ0n) is 21.5. The van der Waals surface area contributed by atoms with Crippen LogP contribution in [0.5, 0.6) is 11.5 Å². The van der Waals surface area contributed by atoms with Crippen LogP contribution in [-0.2, 0) is 19.7 Å². The van der Waals surface area contributed by atoms with Gasteiger partial charge in [-0.15, -0.1) is 0 Å². The molecule has 2 aromatic rings. The van der Waals surface area contributed by atoms with E-state index in [-0.39, 0.29) is 18.7 Å². The summed E-state index contributed by atoms with van der Waals surface area (Å²) in [5.41, 5.74) is -13.8. The molecule has 3 rings (SSSR count). The van der Waals surface area contributed by atoms with Crippen LogP contribution in [0.3, 0.4) is 0 Å². The second-order valence-corrected chi connectivity index (χ2v) is 13.0. The van der Waals surface area contributed by atoms with Crippen LogP contribution < -0.4 is 9.47 Å². The molecule has 1 unspecified atom stereocenters. The van der Waals surface area contributed by atoms with Gasteiger partial charge in [0.25, 0.3) is 19.7 Å². The Morgan fingerprint density at radius 1 is 0.767 bits per heavy atom. The maximum atomic E-state index is 13.0. The molecule has 0 amide bonds. The minimum Gasteiger partial charge on any atom is -0.483 e. The maximum absolute atomic E-state index is 13.0. The molecule has 1 fully saturated rings. The van der Waals surface area contributed by atoms with Gasteiger partial charge in [-0.2, -0.15) is 26.3 Å². The maximum Gasteiger partial charge on any atom is 0.501 e. The number of halogens is 6. The van der Waals surface area contributed by atoms with Crippen molar-refractivity contribution < 1.29 is 62.5 Å². The predicted molar refractivity (Wildman–Crippen MR) is 133 cm³/mol. The molecule has 0 aliphatic carbocycles. The van der Waals surface area contributed by atoms with Gasteiger partial charge in [0.2, 0.25) is 0 Å². The molecule has 0 aromatic heterocycles. The smallest absolute Gasteiger partial charge is 0.483 e. The quantitative estimate of drug-likeness (QED) is 0.189. The van der Waals surface area contributed by atoms with E-state index in [4.69, 9.17) is 9.47 Å². The summed E-state index contributed by atoms with van der Waals surface area (Å²) >= 11 is 0. The van der Waals surface area contributed by atoms with E-state index in [2.05, 4.69) is 0 Å². The summed E-state index contributed by atoms with van der Waals surface area (Å²) in [6.45, 7) is 0.334. The van der Waals surface area contributed by atoms with Gasteiger partial charge in [0.1, 0.15) is 12.7 Å². The van der Waals surface area contributed by atoms with Crippen LogP contribution in [0.15, 0.2) is 46.2 Å². The van der Waals surface area contributed by atoms with E-state index in [0.717, 1.165) is 19.3 Å². The van der Waals surface area contributed by atoms with Crippen LogP contribution in [0, 0.1) is 20.2 Å². The number of ether oxygens (including phenoxy) is 2. The molecule has 21 heteroatoms. The number of nitrogens with zero attached hydrogens (tertiary/aromatic N) is 3. The lowest BCUT2D eigenvalue weighted by Gasteiger charge is -2.30. The zero-order chi connectivity index (χ0) is 32.4. The summed E-state index contributed by atoms with van der Waals surface area (Å²) < 4.78 is 136. The van der Waals surface area contributed by atoms with Gasteiger partial charge in [-0.25, -0.2) is 16.8 Å². The number of likely N-dealkylation sites (tertiary alicyclic amines) is 1. The first-order valence-corrected chi connectivity index (χ1v) is 14.9. The molecular formula is C22H21F6N3O10S2. The van der Waals surface area contributed by atoms with Crippen molar-refractivity contribution in [2.75, 3.05) is 26.2 Å². The summed E-state index contributed by atoms with van der Waals surface area (Å²) in [5.74, 6) is -1.35. The molecule has 2 aromatic carbocycles. The fourth-order valence-corrected chi connectivity index (χ4v) is 5.58. The first-order valence-electron chi connectivity index (χ1n) is 12.0. The summed E-state index contributed by atoms with van der Waals surface area (Å²) in [4.78, 5) is 19.7. The molecule has 1 saturated heterocycles. The van der Waals surface area contributed by atoms with Crippen LogP contribution in [0.25, 0.3) is 0 Å². The highest BCUT2D eigenvalue weighted by atomic mass is 32.2. The highest BCUT2D eigenvalue weighted by Gasteiger charge is 2.48. The van der Waals surface area contributed by atoms with Crippen molar-refractivity contribution in [1.29, 1.82) is 0 Å². The Bertz CT molecular complexity index is 1590. The van der Waals surface area contributed by atoms with E-state index in [9.17, 15) is 63.4 Å². The average molecular weight is 666 g/mol. The third-order valence-corrected chi connectivity index (χ3v) is 9.08. The van der Waals surface area contributed by atoms with Gasteiger partial charge < -0.3 is 9.47 Å². The number of alkyl halides is 6. The van der Waals surface area contributed by atoms with Crippen LogP contribution in [0.4, 0.5) is 37.7 Å². The minimum absolute atomic E-state index is 0.0475. The van der Waals surface area contributed by atoms with Crippen LogP contribution >= 0.6 is 0 Å². The molecule has 0 saturated carbocycles. The zero-order valence-corrected chi connectivity index (χ0v) is 23.1. The number of nitro benzene ring substituents is 2. The summed E-state index contributed by atoms with van der Waals surface area (Å²) in [7, 11) is -11.9. The Kier molecular flexibility index (Phi) is 9.81. The molecule has 0 bridgehead atoms. The number of nitro groups is 2. The van der Waals surface area contributed by atoms with E-state index < -0.39 is 85.9 Å². The lowest BCUT2D eigenvalue weighted by molar-refractivity contribution is -0.386. The molecular weight excluding hydrogens is 644 g/mol. The highest BCUT2D eigenvalue weighted by molar-refractivity contribution is 7.92. The van der Waals surface area contributed by atoms with E-state index in [1.54, 1.807) is 0 Å². The van der Waals surface area contributed by atoms with Crippen LogP contribution in [-0.4, -0.2) is 74.9 Å². The van der Waals surface area contributed by atoms with E-state index in [0.29, 0.717) is 37.4 Å². The molecule has 1 heterocycles. The molecule has 1 atom stereocenters. The lowest BCUT2D eigenvalue weighted by atomic mass is 10.1. The second kappa shape index (κ2) is 12.5. The fourth-order valence-electron chi connectivity index (χ4n) is 4.02. The van der Waals surface area contributed by atoms with Crippen molar-refractivity contribution >= 4 is 31.0 Å². The van der Waals surface area contributed by atoms with Crippen molar-refractivity contribution in [3.05, 3.63) is 56.6 Å². The van der Waals surface area contributed by atoms with Crippen molar-refractivity contribution in [3.63, 3.8) is 0 Å². The molecule has 0 radical (unpaired) electrons. The topological polar surface area (TPSA) is 176 Å². The van der Waals surface area contributed by atoms with Crippen molar-refractivity contribution in [1.82, 2.24) is 4.90 Å². The lowest BCUT2D eigenvalue weighted by Crippen LogP contribution is -2.41. The van der Waals surface area contributed by atoms with E-state index >= 15 is 0 Å². The van der Waals surface area contributed by atoms with Crippen LogP contribution in [0.2, 0.25) is 0 Å². The molecule has 0 N–H and O–H groups in total.